The summed E-state index contributed by atoms with van der Waals surface area (Å²) in [5.41, 5.74) is 6.34. The van der Waals surface area contributed by atoms with E-state index in [9.17, 15) is 23.2 Å². The third-order valence-corrected chi connectivity index (χ3v) is 3.43. The first-order valence-corrected chi connectivity index (χ1v) is 7.83. The molecule has 0 aliphatic carbocycles. The summed E-state index contributed by atoms with van der Waals surface area (Å²) in [7, 11) is 0. The molecule has 0 radical (unpaired) electrons. The summed E-state index contributed by atoms with van der Waals surface area (Å²) in [4.78, 5) is 34.5. The molecule has 0 fully saturated rings. The average Bonchev–Trinajstić information content (AvgIpc) is 2.64. The lowest BCUT2D eigenvalue weighted by Crippen LogP contribution is -2.33. The molecule has 27 heavy (non-hydrogen) atoms. The minimum atomic E-state index is -2.93. The van der Waals surface area contributed by atoms with Gasteiger partial charge in [0.15, 0.2) is 0 Å². The molecule has 0 aliphatic rings. The predicted octanol–water partition coefficient (Wildman–Crippen LogP) is 1.43. The first-order chi connectivity index (χ1) is 12.8. The number of carbonyl (C=O) groups is 3. The second kappa shape index (κ2) is 9.27. The zero-order valence-electron chi connectivity index (χ0n) is 14.1. The van der Waals surface area contributed by atoms with Crippen molar-refractivity contribution in [2.75, 3.05) is 6.54 Å². The minimum absolute atomic E-state index is 0.0354. The molecule has 0 aromatic heterocycles. The van der Waals surface area contributed by atoms with E-state index in [0.717, 1.165) is 5.56 Å². The van der Waals surface area contributed by atoms with Gasteiger partial charge in [-0.15, -0.1) is 0 Å². The lowest BCUT2D eigenvalue weighted by molar-refractivity contribution is -0.117. The number of hydrogen-bond donors (Lipinski definition) is 3. The van der Waals surface area contributed by atoms with Crippen LogP contribution in [0, 0.1) is 0 Å². The van der Waals surface area contributed by atoms with Crippen LogP contribution >= 0.6 is 0 Å². The third kappa shape index (κ3) is 6.38. The van der Waals surface area contributed by atoms with Gasteiger partial charge in [0.2, 0.25) is 5.91 Å². The van der Waals surface area contributed by atoms with E-state index in [1.54, 1.807) is 24.3 Å². The monoisotopic (exact) mass is 377 g/mol. The van der Waals surface area contributed by atoms with E-state index in [1.807, 2.05) is 0 Å². The largest absolute Gasteiger partial charge is 0.435 e. The van der Waals surface area contributed by atoms with Crippen LogP contribution in [0.4, 0.5) is 8.78 Å². The Morgan fingerprint density at radius 2 is 1.41 bits per heavy atom. The van der Waals surface area contributed by atoms with Crippen LogP contribution in [0.3, 0.4) is 0 Å². The van der Waals surface area contributed by atoms with E-state index in [-0.39, 0.29) is 24.7 Å². The first kappa shape index (κ1) is 19.8. The number of carbonyl (C=O) groups excluding carboxylic acids is 3. The van der Waals surface area contributed by atoms with Crippen molar-refractivity contribution >= 4 is 17.7 Å². The maximum Gasteiger partial charge on any atom is 0.387 e. The fourth-order valence-corrected chi connectivity index (χ4v) is 2.12. The highest BCUT2D eigenvalue weighted by molar-refractivity contribution is 5.96. The predicted molar refractivity (Wildman–Crippen MR) is 92.2 cm³/mol. The molecule has 2 rings (SSSR count). The Morgan fingerprint density at radius 1 is 0.889 bits per heavy atom. The number of alkyl halides is 2. The summed E-state index contributed by atoms with van der Waals surface area (Å²) in [6, 6.07) is 11.7. The maximum absolute atomic E-state index is 12.1. The van der Waals surface area contributed by atoms with Crippen molar-refractivity contribution in [1.82, 2.24) is 10.6 Å². The van der Waals surface area contributed by atoms with Crippen LogP contribution in [-0.4, -0.2) is 30.9 Å². The van der Waals surface area contributed by atoms with Gasteiger partial charge in [0.05, 0.1) is 6.54 Å². The van der Waals surface area contributed by atoms with Crippen molar-refractivity contribution in [3.05, 3.63) is 65.2 Å². The van der Waals surface area contributed by atoms with E-state index >= 15 is 0 Å². The van der Waals surface area contributed by atoms with Crippen molar-refractivity contribution in [2.45, 2.75) is 13.2 Å². The van der Waals surface area contributed by atoms with Crippen LogP contribution < -0.4 is 21.1 Å². The van der Waals surface area contributed by atoms with E-state index in [2.05, 4.69) is 15.4 Å². The standard InChI is InChI=1S/C18H17F2N3O4/c19-18(20)27-14-7-5-13(6-8-14)16(25)22-9-11-1-3-12(4-2-11)17(26)23-10-15(21)24/h1-8,18H,9-10H2,(H2,21,24)(H,22,25)(H,23,26). The number of nitrogens with two attached hydrogens (primary N) is 1. The van der Waals surface area contributed by atoms with Crippen molar-refractivity contribution in [1.29, 1.82) is 0 Å². The van der Waals surface area contributed by atoms with Crippen LogP contribution in [0.2, 0.25) is 0 Å². The third-order valence-electron chi connectivity index (χ3n) is 3.43. The molecular formula is C18H17F2N3O4. The highest BCUT2D eigenvalue weighted by Gasteiger charge is 2.09. The molecule has 3 amide bonds. The van der Waals surface area contributed by atoms with Crippen LogP contribution in [0.15, 0.2) is 48.5 Å². The lowest BCUT2D eigenvalue weighted by atomic mass is 10.1. The molecule has 0 unspecified atom stereocenters. The molecule has 0 spiro atoms. The summed E-state index contributed by atoms with van der Waals surface area (Å²) >= 11 is 0. The van der Waals surface area contributed by atoms with E-state index in [4.69, 9.17) is 5.73 Å². The molecule has 0 atom stereocenters. The number of nitrogens with one attached hydrogen (secondary N) is 2. The molecule has 0 saturated carbocycles. The van der Waals surface area contributed by atoms with Gasteiger partial charge in [-0.25, -0.2) is 0 Å². The lowest BCUT2D eigenvalue weighted by Gasteiger charge is -2.08. The van der Waals surface area contributed by atoms with E-state index in [1.165, 1.54) is 24.3 Å². The van der Waals surface area contributed by atoms with Crippen LogP contribution in [-0.2, 0) is 11.3 Å². The highest BCUT2D eigenvalue weighted by Crippen LogP contribution is 2.15. The summed E-state index contributed by atoms with van der Waals surface area (Å²) in [6.45, 7) is -2.97. The molecule has 7 nitrogen and oxygen atoms in total. The quantitative estimate of drug-likeness (QED) is 0.646. The summed E-state index contributed by atoms with van der Waals surface area (Å²) in [5.74, 6) is -1.50. The molecule has 4 N–H and O–H groups in total. The number of amides is 3. The normalized spacial score (nSPS) is 10.3. The van der Waals surface area contributed by atoms with Crippen LogP contribution in [0.1, 0.15) is 26.3 Å². The van der Waals surface area contributed by atoms with Gasteiger partial charge in [-0.05, 0) is 42.0 Å². The van der Waals surface area contributed by atoms with Gasteiger partial charge in [0.1, 0.15) is 5.75 Å². The van der Waals surface area contributed by atoms with Gasteiger partial charge in [0, 0.05) is 17.7 Å². The molecule has 142 valence electrons. The van der Waals surface area contributed by atoms with Gasteiger partial charge in [-0.2, -0.15) is 8.78 Å². The zero-order chi connectivity index (χ0) is 19.8. The number of rotatable bonds is 8. The topological polar surface area (TPSA) is 111 Å². The Kier molecular flexibility index (Phi) is 6.81. The summed E-state index contributed by atoms with van der Waals surface area (Å²) in [6.07, 6.45) is 0. The van der Waals surface area contributed by atoms with Crippen LogP contribution in [0.25, 0.3) is 0 Å². The average molecular weight is 377 g/mol. The van der Waals surface area contributed by atoms with Gasteiger partial charge < -0.3 is 21.1 Å². The maximum atomic E-state index is 12.1. The number of primary amides is 1. The zero-order valence-corrected chi connectivity index (χ0v) is 14.1. The van der Waals surface area contributed by atoms with Gasteiger partial charge in [-0.3, -0.25) is 14.4 Å². The smallest absolute Gasteiger partial charge is 0.387 e. The Hall–Kier alpha value is -3.49. The van der Waals surface area contributed by atoms with Crippen molar-refractivity contribution in [2.24, 2.45) is 5.73 Å². The summed E-state index contributed by atoms with van der Waals surface area (Å²) in [5, 5.41) is 5.04. The Labute approximate surface area is 153 Å². The van der Waals surface area contributed by atoms with Crippen molar-refractivity contribution in [3.8, 4) is 5.75 Å². The van der Waals surface area contributed by atoms with Crippen molar-refractivity contribution < 1.29 is 27.9 Å². The van der Waals surface area contributed by atoms with Gasteiger partial charge in [0.25, 0.3) is 11.8 Å². The number of ether oxygens (including phenoxy) is 1. The fourth-order valence-electron chi connectivity index (χ4n) is 2.12. The highest BCUT2D eigenvalue weighted by atomic mass is 19.3. The second-order valence-electron chi connectivity index (χ2n) is 5.43. The SMILES string of the molecule is NC(=O)CNC(=O)c1ccc(CNC(=O)c2ccc(OC(F)F)cc2)cc1. The molecule has 0 saturated heterocycles. The Morgan fingerprint density at radius 3 is 1.93 bits per heavy atom. The second-order valence-corrected chi connectivity index (χ2v) is 5.43. The number of hydrogen-bond acceptors (Lipinski definition) is 4. The van der Waals surface area contributed by atoms with Gasteiger partial charge in [-0.1, -0.05) is 12.1 Å². The van der Waals surface area contributed by atoms with E-state index in [0.29, 0.717) is 11.1 Å². The minimum Gasteiger partial charge on any atom is -0.435 e. The van der Waals surface area contributed by atoms with Crippen LogP contribution in [0.5, 0.6) is 5.75 Å². The summed E-state index contributed by atoms with van der Waals surface area (Å²) < 4.78 is 28.4. The van der Waals surface area contributed by atoms with Crippen molar-refractivity contribution in [3.63, 3.8) is 0 Å². The Balaban J connectivity index is 1.87. The molecular weight excluding hydrogens is 360 g/mol. The molecule has 2 aromatic rings. The molecule has 0 heterocycles. The van der Waals surface area contributed by atoms with Gasteiger partial charge >= 0.3 is 6.61 Å². The fraction of sp³-hybridized carbons (Fsp3) is 0.167. The molecule has 0 aliphatic heterocycles. The van der Waals surface area contributed by atoms with E-state index < -0.39 is 18.4 Å². The molecule has 9 heteroatoms. The first-order valence-electron chi connectivity index (χ1n) is 7.83. The number of halogens is 2. The molecule has 0 bridgehead atoms. The Bertz CT molecular complexity index is 808. The molecule has 2 aromatic carbocycles. The number of benzene rings is 2.